The molecule has 1 aromatic heterocycles. The van der Waals surface area contributed by atoms with Crippen molar-refractivity contribution in [1.29, 1.82) is 0 Å². The van der Waals surface area contributed by atoms with Crippen molar-refractivity contribution in [2.45, 2.75) is 6.92 Å². The molecule has 0 spiro atoms. The van der Waals surface area contributed by atoms with Crippen molar-refractivity contribution in [2.24, 2.45) is 10.9 Å². The molecule has 1 heterocycles. The summed E-state index contributed by atoms with van der Waals surface area (Å²) in [6.07, 6.45) is 0. The fourth-order valence-corrected chi connectivity index (χ4v) is 1.74. The van der Waals surface area contributed by atoms with Crippen LogP contribution in [0.25, 0.3) is 0 Å². The Labute approximate surface area is 119 Å². The Hall–Kier alpha value is -2.47. The third kappa shape index (κ3) is 2.92. The minimum absolute atomic E-state index is 0.0402. The minimum atomic E-state index is -0.434. The molecule has 0 radical (unpaired) electrons. The molecule has 4 N–H and O–H groups in total. The number of hydrogen-bond acceptors (Lipinski definition) is 4. The van der Waals surface area contributed by atoms with Crippen molar-refractivity contribution >= 4 is 29.0 Å². The third-order valence-corrected chi connectivity index (χ3v) is 2.89. The predicted molar refractivity (Wildman–Crippen MR) is 75.4 cm³/mol. The number of aryl methyl sites for hydroxylation is 1. The summed E-state index contributed by atoms with van der Waals surface area (Å²) < 4.78 is 5.02. The Morgan fingerprint density at radius 2 is 2.15 bits per heavy atom. The molecule has 0 aliphatic heterocycles. The maximum atomic E-state index is 12.0. The molecular formula is C13H12ClN3O3. The molecule has 1 amide bonds. The van der Waals surface area contributed by atoms with E-state index in [0.717, 1.165) is 5.56 Å². The zero-order chi connectivity index (χ0) is 14.7. The van der Waals surface area contributed by atoms with Gasteiger partial charge in [0.25, 0.3) is 5.91 Å². The number of nitrogens with one attached hydrogen (secondary N) is 1. The van der Waals surface area contributed by atoms with Gasteiger partial charge in [0.1, 0.15) is 0 Å². The van der Waals surface area contributed by atoms with Crippen LogP contribution in [0.4, 0.5) is 5.69 Å². The summed E-state index contributed by atoms with van der Waals surface area (Å²) >= 11 is 5.62. The third-order valence-electron chi connectivity index (χ3n) is 2.69. The Balaban J connectivity index is 2.26. The monoisotopic (exact) mass is 293 g/mol. The Kier molecular flexibility index (Phi) is 3.95. The quantitative estimate of drug-likeness (QED) is 0.350. The van der Waals surface area contributed by atoms with Gasteiger partial charge < -0.3 is 20.7 Å². The van der Waals surface area contributed by atoms with Gasteiger partial charge in [-0.05, 0) is 42.3 Å². The van der Waals surface area contributed by atoms with Crippen LogP contribution in [-0.2, 0) is 0 Å². The van der Waals surface area contributed by atoms with Crippen LogP contribution in [-0.4, -0.2) is 17.0 Å². The number of amides is 1. The molecule has 6 nitrogen and oxygen atoms in total. The smallest absolute Gasteiger partial charge is 0.291 e. The van der Waals surface area contributed by atoms with Crippen LogP contribution in [0.2, 0.25) is 5.22 Å². The lowest BCUT2D eigenvalue weighted by Crippen LogP contribution is -2.16. The van der Waals surface area contributed by atoms with Crippen LogP contribution in [0.15, 0.2) is 39.9 Å². The molecule has 2 rings (SSSR count). The maximum Gasteiger partial charge on any atom is 0.291 e. The average Bonchev–Trinajstić information content (AvgIpc) is 2.87. The maximum absolute atomic E-state index is 12.0. The molecule has 0 unspecified atom stereocenters. The summed E-state index contributed by atoms with van der Waals surface area (Å²) in [6, 6.07) is 7.99. The summed E-state index contributed by atoms with van der Waals surface area (Å²) in [5, 5.41) is 14.4. The van der Waals surface area contributed by atoms with Gasteiger partial charge in [-0.2, -0.15) is 0 Å². The Morgan fingerprint density at radius 1 is 1.40 bits per heavy atom. The van der Waals surface area contributed by atoms with E-state index >= 15 is 0 Å². The molecule has 0 aliphatic rings. The highest BCUT2D eigenvalue weighted by atomic mass is 35.5. The van der Waals surface area contributed by atoms with E-state index in [0.29, 0.717) is 11.3 Å². The van der Waals surface area contributed by atoms with Crippen LogP contribution < -0.4 is 11.1 Å². The average molecular weight is 294 g/mol. The van der Waals surface area contributed by atoms with Crippen molar-refractivity contribution in [2.75, 3.05) is 5.32 Å². The molecule has 1 aromatic carbocycles. The van der Waals surface area contributed by atoms with E-state index in [1.54, 1.807) is 18.2 Å². The molecule has 20 heavy (non-hydrogen) atoms. The SMILES string of the molecule is Cc1ccc(/C(N)=N/O)cc1NC(=O)c1ccc(Cl)o1. The van der Waals surface area contributed by atoms with Crippen molar-refractivity contribution < 1.29 is 14.4 Å². The number of furan rings is 1. The van der Waals surface area contributed by atoms with Gasteiger partial charge in [0.05, 0.1) is 0 Å². The summed E-state index contributed by atoms with van der Waals surface area (Å²) in [5.74, 6) is -0.373. The first-order valence-electron chi connectivity index (χ1n) is 5.66. The van der Waals surface area contributed by atoms with Gasteiger partial charge in [0.2, 0.25) is 0 Å². The van der Waals surface area contributed by atoms with E-state index < -0.39 is 5.91 Å². The lowest BCUT2D eigenvalue weighted by molar-refractivity contribution is 0.0996. The van der Waals surface area contributed by atoms with E-state index in [-0.39, 0.29) is 16.8 Å². The van der Waals surface area contributed by atoms with Crippen LogP contribution in [0, 0.1) is 6.92 Å². The number of benzene rings is 1. The van der Waals surface area contributed by atoms with Gasteiger partial charge in [-0.15, -0.1) is 0 Å². The van der Waals surface area contributed by atoms with E-state index in [9.17, 15) is 4.79 Å². The lowest BCUT2D eigenvalue weighted by atomic mass is 10.1. The zero-order valence-corrected chi connectivity index (χ0v) is 11.3. The number of oxime groups is 1. The molecule has 7 heteroatoms. The van der Waals surface area contributed by atoms with Crippen LogP contribution >= 0.6 is 11.6 Å². The first kappa shape index (κ1) is 14.0. The fraction of sp³-hybridized carbons (Fsp3) is 0.0769. The van der Waals surface area contributed by atoms with Gasteiger partial charge >= 0.3 is 0 Å². The fourth-order valence-electron chi connectivity index (χ4n) is 1.59. The predicted octanol–water partition coefficient (Wildman–Crippen LogP) is 2.59. The topological polar surface area (TPSA) is 101 Å². The number of nitrogens with two attached hydrogens (primary N) is 1. The summed E-state index contributed by atoms with van der Waals surface area (Å²) in [4.78, 5) is 12.0. The number of rotatable bonds is 3. The second-order valence-corrected chi connectivity index (χ2v) is 4.45. The van der Waals surface area contributed by atoms with Crippen molar-refractivity contribution in [1.82, 2.24) is 0 Å². The summed E-state index contributed by atoms with van der Waals surface area (Å²) in [6.45, 7) is 1.82. The van der Waals surface area contributed by atoms with E-state index in [1.807, 2.05) is 6.92 Å². The highest BCUT2D eigenvalue weighted by Gasteiger charge is 2.13. The first-order valence-corrected chi connectivity index (χ1v) is 6.04. The Morgan fingerprint density at radius 3 is 2.75 bits per heavy atom. The molecule has 0 atom stereocenters. The van der Waals surface area contributed by atoms with Gasteiger partial charge in [-0.3, -0.25) is 4.79 Å². The summed E-state index contributed by atoms with van der Waals surface area (Å²) in [5.41, 5.74) is 7.36. The van der Waals surface area contributed by atoms with E-state index in [1.165, 1.54) is 12.1 Å². The molecule has 104 valence electrons. The molecular weight excluding hydrogens is 282 g/mol. The number of amidine groups is 1. The van der Waals surface area contributed by atoms with E-state index in [4.69, 9.17) is 27.0 Å². The lowest BCUT2D eigenvalue weighted by Gasteiger charge is -2.09. The van der Waals surface area contributed by atoms with Gasteiger partial charge in [-0.1, -0.05) is 17.3 Å². The highest BCUT2D eigenvalue weighted by molar-refractivity contribution is 6.29. The van der Waals surface area contributed by atoms with Gasteiger partial charge in [0.15, 0.2) is 16.8 Å². The Bertz CT molecular complexity index is 679. The number of halogens is 1. The largest absolute Gasteiger partial charge is 0.440 e. The summed E-state index contributed by atoms with van der Waals surface area (Å²) in [7, 11) is 0. The molecule has 0 saturated carbocycles. The number of hydrogen-bond donors (Lipinski definition) is 3. The molecule has 0 aliphatic carbocycles. The molecule has 0 saturated heterocycles. The van der Waals surface area contributed by atoms with Crippen molar-refractivity contribution in [3.63, 3.8) is 0 Å². The minimum Gasteiger partial charge on any atom is -0.440 e. The number of anilines is 1. The van der Waals surface area contributed by atoms with E-state index in [2.05, 4.69) is 10.5 Å². The molecule has 0 fully saturated rings. The first-order chi connectivity index (χ1) is 9.51. The second kappa shape index (κ2) is 5.66. The molecule has 0 bridgehead atoms. The number of carbonyl (C=O) groups excluding carboxylic acids is 1. The van der Waals surface area contributed by atoms with Crippen LogP contribution in [0.3, 0.4) is 0 Å². The van der Waals surface area contributed by atoms with Crippen LogP contribution in [0.5, 0.6) is 0 Å². The normalized spacial score (nSPS) is 11.4. The second-order valence-electron chi connectivity index (χ2n) is 4.07. The highest BCUT2D eigenvalue weighted by Crippen LogP contribution is 2.19. The molecule has 2 aromatic rings. The zero-order valence-electron chi connectivity index (χ0n) is 10.6. The standard InChI is InChI=1S/C13H12ClN3O3/c1-7-2-3-8(12(15)17-19)6-9(7)16-13(18)10-4-5-11(14)20-10/h2-6,19H,1H3,(H2,15,17)(H,16,18). The van der Waals surface area contributed by atoms with Gasteiger partial charge in [-0.25, -0.2) is 0 Å². The number of carbonyl (C=O) groups is 1. The van der Waals surface area contributed by atoms with Crippen molar-refractivity contribution in [3.8, 4) is 0 Å². The number of nitrogens with zero attached hydrogens (tertiary/aromatic N) is 1. The van der Waals surface area contributed by atoms with Crippen molar-refractivity contribution in [3.05, 3.63) is 52.4 Å². The van der Waals surface area contributed by atoms with Gasteiger partial charge in [0, 0.05) is 11.3 Å². The van der Waals surface area contributed by atoms with Crippen LogP contribution in [0.1, 0.15) is 21.7 Å².